The van der Waals surface area contributed by atoms with Crippen LogP contribution in [0, 0.1) is 22.7 Å². The van der Waals surface area contributed by atoms with Crippen LogP contribution in [0.2, 0.25) is 0 Å². The second-order valence-corrected chi connectivity index (χ2v) is 4.41. The zero-order valence-electron chi connectivity index (χ0n) is 11.7. The summed E-state index contributed by atoms with van der Waals surface area (Å²) in [7, 11) is 0. The minimum atomic E-state index is -4.41. The van der Waals surface area contributed by atoms with E-state index in [4.69, 9.17) is 10.5 Å². The Hall–Kier alpha value is -2.80. The van der Waals surface area contributed by atoms with Crippen LogP contribution in [0.1, 0.15) is 18.1 Å². The number of halogens is 3. The first-order valence-electron chi connectivity index (χ1n) is 6.18. The van der Waals surface area contributed by atoms with E-state index in [0.29, 0.717) is 11.1 Å². The van der Waals surface area contributed by atoms with Crippen molar-refractivity contribution in [3.8, 4) is 12.1 Å². The van der Waals surface area contributed by atoms with Crippen molar-refractivity contribution in [2.24, 2.45) is 0 Å². The Bertz CT molecular complexity index is 633. The highest BCUT2D eigenvalue weighted by molar-refractivity contribution is 5.95. The number of alkyl halides is 3. The maximum atomic E-state index is 12.5. The molecular weight excluding hydrogens is 295 g/mol. The smallest absolute Gasteiger partial charge is 0.313 e. The van der Waals surface area contributed by atoms with Gasteiger partial charge in [0.05, 0.1) is 17.7 Å². The van der Waals surface area contributed by atoms with Crippen LogP contribution in [0.15, 0.2) is 30.3 Å². The van der Waals surface area contributed by atoms with Crippen LogP contribution in [-0.2, 0) is 11.0 Å². The molecule has 0 fully saturated rings. The molecule has 114 valence electrons. The number of amides is 1. The lowest BCUT2D eigenvalue weighted by molar-refractivity contribution is -0.137. The van der Waals surface area contributed by atoms with Gasteiger partial charge in [-0.25, -0.2) is 0 Å². The summed E-state index contributed by atoms with van der Waals surface area (Å²) in [6.07, 6.45) is -3.22. The van der Waals surface area contributed by atoms with E-state index in [9.17, 15) is 18.0 Å². The van der Waals surface area contributed by atoms with Crippen molar-refractivity contribution in [2.45, 2.75) is 13.1 Å². The van der Waals surface area contributed by atoms with Crippen molar-refractivity contribution in [3.63, 3.8) is 0 Å². The Kier molecular flexibility index (Phi) is 5.71. The van der Waals surface area contributed by atoms with E-state index in [0.717, 1.165) is 17.0 Å². The highest BCUT2D eigenvalue weighted by atomic mass is 19.4. The Labute approximate surface area is 125 Å². The van der Waals surface area contributed by atoms with Gasteiger partial charge in [-0.05, 0) is 30.2 Å². The van der Waals surface area contributed by atoms with E-state index < -0.39 is 17.6 Å². The molecule has 0 saturated heterocycles. The fraction of sp³-hybridized carbons (Fsp3) is 0.267. The number of carbonyl (C=O) groups is 1. The lowest BCUT2D eigenvalue weighted by Gasteiger charge is -2.14. The SMILES string of the molecule is CC(=CC(=O)N(CC#N)CC#N)c1ccc(C(F)(F)F)cc1. The maximum absolute atomic E-state index is 12.5. The largest absolute Gasteiger partial charge is 0.416 e. The van der Waals surface area contributed by atoms with Gasteiger partial charge in [-0.3, -0.25) is 4.79 Å². The first-order valence-corrected chi connectivity index (χ1v) is 6.18. The average Bonchev–Trinajstić information content (AvgIpc) is 2.46. The van der Waals surface area contributed by atoms with Gasteiger partial charge in [0.15, 0.2) is 0 Å². The van der Waals surface area contributed by atoms with Gasteiger partial charge in [0.1, 0.15) is 13.1 Å². The normalized spacial score (nSPS) is 11.5. The Morgan fingerprint density at radius 3 is 2.09 bits per heavy atom. The minimum absolute atomic E-state index is 0.233. The number of nitrogens with zero attached hydrogens (tertiary/aromatic N) is 3. The molecule has 0 bridgehead atoms. The lowest BCUT2D eigenvalue weighted by atomic mass is 10.0. The van der Waals surface area contributed by atoms with Crippen LogP contribution in [0.3, 0.4) is 0 Å². The molecule has 1 rings (SSSR count). The molecule has 0 atom stereocenters. The molecule has 0 saturated carbocycles. The number of allylic oxidation sites excluding steroid dienone is 1. The summed E-state index contributed by atoms with van der Waals surface area (Å²) < 4.78 is 37.4. The molecule has 22 heavy (non-hydrogen) atoms. The molecule has 1 aromatic rings. The zero-order valence-corrected chi connectivity index (χ0v) is 11.7. The molecule has 0 radical (unpaired) electrons. The van der Waals surface area contributed by atoms with E-state index in [1.54, 1.807) is 19.1 Å². The second-order valence-electron chi connectivity index (χ2n) is 4.41. The summed E-state index contributed by atoms with van der Waals surface area (Å²) in [5.74, 6) is -0.541. The molecule has 0 spiro atoms. The van der Waals surface area contributed by atoms with Crippen LogP contribution in [0.25, 0.3) is 5.57 Å². The molecule has 0 heterocycles. The van der Waals surface area contributed by atoms with Crippen LogP contribution < -0.4 is 0 Å². The standard InChI is InChI=1S/C15H12F3N3O/c1-11(10-14(22)21(8-6-19)9-7-20)12-2-4-13(5-3-12)15(16,17)18/h2-5,10H,8-9H2,1H3. The molecule has 0 aliphatic carbocycles. The van der Waals surface area contributed by atoms with Gasteiger partial charge < -0.3 is 4.90 Å². The van der Waals surface area contributed by atoms with Crippen LogP contribution in [0.4, 0.5) is 13.2 Å². The van der Waals surface area contributed by atoms with E-state index in [1.165, 1.54) is 18.2 Å². The van der Waals surface area contributed by atoms with Gasteiger partial charge >= 0.3 is 6.18 Å². The fourth-order valence-electron chi connectivity index (χ4n) is 1.66. The van der Waals surface area contributed by atoms with Gasteiger partial charge in [0, 0.05) is 6.08 Å². The Balaban J connectivity index is 2.95. The molecule has 4 nitrogen and oxygen atoms in total. The number of carbonyl (C=O) groups excluding carboxylic acids is 1. The summed E-state index contributed by atoms with van der Waals surface area (Å²) in [5, 5.41) is 17.2. The number of nitriles is 2. The van der Waals surface area contributed by atoms with Gasteiger partial charge in [-0.2, -0.15) is 23.7 Å². The third-order valence-electron chi connectivity index (χ3n) is 2.84. The van der Waals surface area contributed by atoms with Gasteiger partial charge in [-0.1, -0.05) is 12.1 Å². The maximum Gasteiger partial charge on any atom is 0.416 e. The highest BCUT2D eigenvalue weighted by Crippen LogP contribution is 2.30. The van der Waals surface area contributed by atoms with Crippen molar-refractivity contribution in [2.75, 3.05) is 13.1 Å². The number of hydrogen-bond donors (Lipinski definition) is 0. The number of hydrogen-bond acceptors (Lipinski definition) is 3. The fourth-order valence-corrected chi connectivity index (χ4v) is 1.66. The molecule has 0 aliphatic heterocycles. The molecule has 7 heteroatoms. The number of rotatable bonds is 4. The summed E-state index contributed by atoms with van der Waals surface area (Å²) in [6, 6.07) is 7.93. The second kappa shape index (κ2) is 7.28. The van der Waals surface area contributed by atoms with Gasteiger partial charge in [-0.15, -0.1) is 0 Å². The summed E-state index contributed by atoms with van der Waals surface area (Å²) in [5.41, 5.74) is 0.126. The summed E-state index contributed by atoms with van der Waals surface area (Å²) in [6.45, 7) is 1.10. The molecule has 1 amide bonds. The lowest BCUT2D eigenvalue weighted by Crippen LogP contribution is -2.30. The van der Waals surface area contributed by atoms with Gasteiger partial charge in [0.2, 0.25) is 5.91 Å². The predicted molar refractivity (Wildman–Crippen MR) is 72.9 cm³/mol. The van der Waals surface area contributed by atoms with E-state index in [2.05, 4.69) is 0 Å². The molecular formula is C15H12F3N3O. The zero-order chi connectivity index (χ0) is 16.8. The molecule has 1 aromatic carbocycles. The predicted octanol–water partition coefficient (Wildman–Crippen LogP) is 2.98. The van der Waals surface area contributed by atoms with Crippen LogP contribution >= 0.6 is 0 Å². The Morgan fingerprint density at radius 1 is 1.18 bits per heavy atom. The minimum Gasteiger partial charge on any atom is -0.313 e. The first kappa shape index (κ1) is 17.3. The average molecular weight is 307 g/mol. The van der Waals surface area contributed by atoms with E-state index in [-0.39, 0.29) is 13.1 Å². The summed E-state index contributed by atoms with van der Waals surface area (Å²) in [4.78, 5) is 12.9. The molecule has 0 aromatic heterocycles. The van der Waals surface area contributed by atoms with Crippen molar-refractivity contribution >= 4 is 11.5 Å². The van der Waals surface area contributed by atoms with E-state index >= 15 is 0 Å². The van der Waals surface area contributed by atoms with Crippen molar-refractivity contribution < 1.29 is 18.0 Å². The molecule has 0 aliphatic rings. The molecule has 0 N–H and O–H groups in total. The summed E-state index contributed by atoms with van der Waals surface area (Å²) >= 11 is 0. The van der Waals surface area contributed by atoms with Crippen molar-refractivity contribution in [3.05, 3.63) is 41.5 Å². The topological polar surface area (TPSA) is 67.9 Å². The first-order chi connectivity index (χ1) is 10.3. The van der Waals surface area contributed by atoms with Crippen molar-refractivity contribution in [1.29, 1.82) is 10.5 Å². The highest BCUT2D eigenvalue weighted by Gasteiger charge is 2.29. The third kappa shape index (κ3) is 4.64. The van der Waals surface area contributed by atoms with Crippen LogP contribution in [-0.4, -0.2) is 23.9 Å². The molecule has 0 unspecified atom stereocenters. The third-order valence-corrected chi connectivity index (χ3v) is 2.84. The van der Waals surface area contributed by atoms with Gasteiger partial charge in [0.25, 0.3) is 0 Å². The quantitative estimate of drug-likeness (QED) is 0.634. The Morgan fingerprint density at radius 2 is 1.68 bits per heavy atom. The van der Waals surface area contributed by atoms with E-state index in [1.807, 2.05) is 0 Å². The number of benzene rings is 1. The monoisotopic (exact) mass is 307 g/mol. The van der Waals surface area contributed by atoms with Crippen LogP contribution in [0.5, 0.6) is 0 Å². The van der Waals surface area contributed by atoms with Crippen molar-refractivity contribution in [1.82, 2.24) is 4.90 Å².